The van der Waals surface area contributed by atoms with Crippen molar-refractivity contribution in [3.8, 4) is 11.3 Å². The van der Waals surface area contributed by atoms with Gasteiger partial charge in [-0.25, -0.2) is 0 Å². The van der Waals surface area contributed by atoms with E-state index in [1.807, 2.05) is 35.2 Å². The van der Waals surface area contributed by atoms with Crippen molar-refractivity contribution in [2.24, 2.45) is 0 Å². The van der Waals surface area contributed by atoms with Crippen molar-refractivity contribution in [1.82, 2.24) is 15.1 Å². The molecule has 5 nitrogen and oxygen atoms in total. The summed E-state index contributed by atoms with van der Waals surface area (Å²) >= 11 is 6.03. The van der Waals surface area contributed by atoms with E-state index in [0.29, 0.717) is 36.8 Å². The predicted molar refractivity (Wildman–Crippen MR) is 125 cm³/mol. The van der Waals surface area contributed by atoms with Crippen LogP contribution in [0.5, 0.6) is 0 Å². The van der Waals surface area contributed by atoms with E-state index in [4.69, 9.17) is 11.6 Å². The molecule has 1 aliphatic rings. The SMILES string of the molecule is O=C(c1cccc(Cl)c1)N1CCN(c2ccc(-c3cccc4ccccc34)nn2)CC1. The zero-order valence-electron chi connectivity index (χ0n) is 16.9. The minimum atomic E-state index is 0.0135. The maximum absolute atomic E-state index is 12.7. The third kappa shape index (κ3) is 3.97. The largest absolute Gasteiger partial charge is 0.352 e. The minimum absolute atomic E-state index is 0.0135. The highest BCUT2D eigenvalue weighted by Crippen LogP contribution is 2.27. The van der Waals surface area contributed by atoms with E-state index in [2.05, 4.69) is 39.4 Å². The van der Waals surface area contributed by atoms with Crippen LogP contribution in [0.25, 0.3) is 22.0 Å². The average Bonchev–Trinajstić information content (AvgIpc) is 2.83. The van der Waals surface area contributed by atoms with Gasteiger partial charge in [0.15, 0.2) is 5.82 Å². The fraction of sp³-hybridized carbons (Fsp3) is 0.160. The van der Waals surface area contributed by atoms with Crippen LogP contribution in [0.4, 0.5) is 5.82 Å². The quantitative estimate of drug-likeness (QED) is 0.465. The molecule has 4 aromatic rings. The predicted octanol–water partition coefficient (Wildman–Crippen LogP) is 4.91. The van der Waals surface area contributed by atoms with Gasteiger partial charge in [-0.15, -0.1) is 10.2 Å². The summed E-state index contributed by atoms with van der Waals surface area (Å²) < 4.78 is 0. The summed E-state index contributed by atoms with van der Waals surface area (Å²) in [6.07, 6.45) is 0. The Morgan fingerprint density at radius 1 is 0.806 bits per heavy atom. The standard InChI is InChI=1S/C25H21ClN4O/c26-20-8-3-7-19(17-20)25(31)30-15-13-29(14-16-30)24-12-11-23(27-28-24)22-10-4-6-18-5-1-2-9-21(18)22/h1-12,17H,13-16H2. The zero-order valence-corrected chi connectivity index (χ0v) is 17.7. The van der Waals surface area contributed by atoms with Gasteiger partial charge in [-0.2, -0.15) is 0 Å². The van der Waals surface area contributed by atoms with Gasteiger partial charge in [-0.3, -0.25) is 4.79 Å². The molecule has 2 heterocycles. The molecule has 0 aliphatic carbocycles. The third-order valence-corrected chi connectivity index (χ3v) is 5.91. The van der Waals surface area contributed by atoms with E-state index in [-0.39, 0.29) is 5.91 Å². The third-order valence-electron chi connectivity index (χ3n) is 5.68. The molecule has 6 heteroatoms. The summed E-state index contributed by atoms with van der Waals surface area (Å²) in [7, 11) is 0. The number of nitrogens with zero attached hydrogens (tertiary/aromatic N) is 4. The Labute approximate surface area is 185 Å². The second kappa shape index (κ2) is 8.36. The number of fused-ring (bicyclic) bond motifs is 1. The maximum atomic E-state index is 12.7. The molecule has 0 saturated carbocycles. The molecular weight excluding hydrogens is 408 g/mol. The Morgan fingerprint density at radius 2 is 1.58 bits per heavy atom. The lowest BCUT2D eigenvalue weighted by atomic mass is 10.0. The Hall–Kier alpha value is -3.44. The number of benzene rings is 3. The lowest BCUT2D eigenvalue weighted by Crippen LogP contribution is -2.49. The van der Waals surface area contributed by atoms with Gasteiger partial charge in [0, 0.05) is 42.3 Å². The van der Waals surface area contributed by atoms with Crippen LogP contribution in [0.3, 0.4) is 0 Å². The van der Waals surface area contributed by atoms with Crippen LogP contribution in [-0.4, -0.2) is 47.2 Å². The zero-order chi connectivity index (χ0) is 21.2. The lowest BCUT2D eigenvalue weighted by molar-refractivity contribution is 0.0746. The molecule has 0 bridgehead atoms. The van der Waals surface area contributed by atoms with Gasteiger partial charge in [0.1, 0.15) is 0 Å². The van der Waals surface area contributed by atoms with Gasteiger partial charge in [-0.1, -0.05) is 60.1 Å². The van der Waals surface area contributed by atoms with E-state index >= 15 is 0 Å². The Bertz CT molecular complexity index is 1230. The molecule has 0 spiro atoms. The molecule has 5 rings (SSSR count). The lowest BCUT2D eigenvalue weighted by Gasteiger charge is -2.35. The fourth-order valence-corrected chi connectivity index (χ4v) is 4.22. The smallest absolute Gasteiger partial charge is 0.254 e. The molecule has 0 radical (unpaired) electrons. The van der Waals surface area contributed by atoms with Crippen LogP contribution < -0.4 is 4.90 Å². The highest BCUT2D eigenvalue weighted by Gasteiger charge is 2.23. The number of anilines is 1. The summed E-state index contributed by atoms with van der Waals surface area (Å²) in [5.41, 5.74) is 2.56. The molecule has 3 aromatic carbocycles. The van der Waals surface area contributed by atoms with E-state index < -0.39 is 0 Å². The number of carbonyl (C=O) groups is 1. The number of hydrogen-bond donors (Lipinski definition) is 0. The van der Waals surface area contributed by atoms with Crippen LogP contribution >= 0.6 is 11.6 Å². The van der Waals surface area contributed by atoms with Crippen LogP contribution in [0.15, 0.2) is 78.9 Å². The van der Waals surface area contributed by atoms with Crippen LogP contribution in [0, 0.1) is 0 Å². The Kier molecular flexibility index (Phi) is 5.26. The highest BCUT2D eigenvalue weighted by molar-refractivity contribution is 6.30. The van der Waals surface area contributed by atoms with E-state index in [1.165, 1.54) is 10.8 Å². The van der Waals surface area contributed by atoms with Crippen LogP contribution in [0.2, 0.25) is 5.02 Å². The van der Waals surface area contributed by atoms with E-state index in [9.17, 15) is 4.79 Å². The molecule has 1 amide bonds. The second-order valence-electron chi connectivity index (χ2n) is 7.59. The van der Waals surface area contributed by atoms with Crippen molar-refractivity contribution in [3.05, 3.63) is 89.4 Å². The van der Waals surface area contributed by atoms with Gasteiger partial charge >= 0.3 is 0 Å². The number of piperazine rings is 1. The molecule has 154 valence electrons. The second-order valence-corrected chi connectivity index (χ2v) is 8.03. The van der Waals surface area contributed by atoms with Gasteiger partial charge in [0.2, 0.25) is 0 Å². The number of hydrogen-bond acceptors (Lipinski definition) is 4. The molecule has 31 heavy (non-hydrogen) atoms. The summed E-state index contributed by atoms with van der Waals surface area (Å²) in [6.45, 7) is 2.71. The first-order valence-corrected chi connectivity index (χ1v) is 10.7. The summed E-state index contributed by atoms with van der Waals surface area (Å²) in [6, 6.07) is 25.6. The normalized spacial score (nSPS) is 14.1. The topological polar surface area (TPSA) is 49.3 Å². The molecule has 0 atom stereocenters. The van der Waals surface area contributed by atoms with Crippen molar-refractivity contribution in [1.29, 1.82) is 0 Å². The van der Waals surface area contributed by atoms with E-state index in [1.54, 1.807) is 24.3 Å². The van der Waals surface area contributed by atoms with Crippen molar-refractivity contribution in [2.45, 2.75) is 0 Å². The number of carbonyl (C=O) groups excluding carboxylic acids is 1. The van der Waals surface area contributed by atoms with Crippen molar-refractivity contribution >= 4 is 34.1 Å². The van der Waals surface area contributed by atoms with Crippen LogP contribution in [-0.2, 0) is 0 Å². The Morgan fingerprint density at radius 3 is 2.35 bits per heavy atom. The van der Waals surface area contributed by atoms with Crippen LogP contribution in [0.1, 0.15) is 10.4 Å². The minimum Gasteiger partial charge on any atom is -0.352 e. The monoisotopic (exact) mass is 428 g/mol. The summed E-state index contributed by atoms with van der Waals surface area (Å²) in [5.74, 6) is 0.846. The average molecular weight is 429 g/mol. The number of halogens is 1. The van der Waals surface area contributed by atoms with Gasteiger partial charge in [0.25, 0.3) is 5.91 Å². The molecule has 1 fully saturated rings. The Balaban J connectivity index is 1.29. The summed E-state index contributed by atoms with van der Waals surface area (Å²) in [5, 5.41) is 11.9. The van der Waals surface area contributed by atoms with Gasteiger partial charge in [-0.05, 0) is 41.1 Å². The first-order chi connectivity index (χ1) is 15.2. The highest BCUT2D eigenvalue weighted by atomic mass is 35.5. The molecule has 1 saturated heterocycles. The molecule has 1 aliphatic heterocycles. The first kappa shape index (κ1) is 19.5. The van der Waals surface area contributed by atoms with Crippen molar-refractivity contribution in [3.63, 3.8) is 0 Å². The number of aromatic nitrogens is 2. The fourth-order valence-electron chi connectivity index (χ4n) is 4.03. The molecule has 0 unspecified atom stereocenters. The van der Waals surface area contributed by atoms with E-state index in [0.717, 1.165) is 17.1 Å². The maximum Gasteiger partial charge on any atom is 0.254 e. The molecule has 1 aromatic heterocycles. The van der Waals surface area contributed by atoms with Gasteiger partial charge in [0.05, 0.1) is 5.69 Å². The molecular formula is C25H21ClN4O. The number of rotatable bonds is 3. The molecule has 0 N–H and O–H groups in total. The van der Waals surface area contributed by atoms with Gasteiger partial charge < -0.3 is 9.80 Å². The first-order valence-electron chi connectivity index (χ1n) is 10.3. The van der Waals surface area contributed by atoms with Crippen molar-refractivity contribution < 1.29 is 4.79 Å². The van der Waals surface area contributed by atoms with Crippen molar-refractivity contribution in [2.75, 3.05) is 31.1 Å². The number of amides is 1. The summed E-state index contributed by atoms with van der Waals surface area (Å²) in [4.78, 5) is 16.8.